The second-order valence-electron chi connectivity index (χ2n) is 4.27. The van der Waals surface area contributed by atoms with E-state index in [4.69, 9.17) is 11.6 Å². The molecular formula is C12H18ClNO2S. The summed E-state index contributed by atoms with van der Waals surface area (Å²) >= 11 is 5.45. The fourth-order valence-corrected chi connectivity index (χ4v) is 3.02. The molecule has 1 atom stereocenters. The largest absolute Gasteiger partial charge is 0.228 e. The molecule has 1 aromatic rings. The molecule has 0 aliphatic heterocycles. The molecule has 1 aromatic carbocycles. The van der Waals surface area contributed by atoms with Crippen LogP contribution in [0.4, 0.5) is 0 Å². The third-order valence-corrected chi connectivity index (χ3v) is 5.29. The molecule has 0 aromatic heterocycles. The molecule has 3 nitrogen and oxygen atoms in total. The number of hydrogen-bond acceptors (Lipinski definition) is 2. The quantitative estimate of drug-likeness (QED) is 0.793. The van der Waals surface area contributed by atoms with Crippen molar-refractivity contribution in [2.75, 3.05) is 12.3 Å². The molecule has 0 saturated heterocycles. The van der Waals surface area contributed by atoms with Crippen LogP contribution in [0.2, 0.25) is 0 Å². The zero-order valence-corrected chi connectivity index (χ0v) is 12.1. The summed E-state index contributed by atoms with van der Waals surface area (Å²) in [7, 11) is -1.82. The fraction of sp³-hybridized carbons (Fsp3) is 0.500. The molecule has 96 valence electrons. The number of nitrogens with zero attached hydrogens (tertiary/aromatic N) is 1. The van der Waals surface area contributed by atoms with Crippen LogP contribution in [0.3, 0.4) is 0 Å². The highest BCUT2D eigenvalue weighted by Crippen LogP contribution is 2.25. The molecule has 0 saturated carbocycles. The predicted octanol–water partition coefficient (Wildman–Crippen LogP) is 2.82. The van der Waals surface area contributed by atoms with Crippen LogP contribution in [0, 0.1) is 13.8 Å². The van der Waals surface area contributed by atoms with Gasteiger partial charge in [-0.2, -0.15) is 4.31 Å². The van der Waals surface area contributed by atoms with E-state index in [1.165, 1.54) is 9.87 Å². The van der Waals surface area contributed by atoms with Crippen LogP contribution >= 0.6 is 11.6 Å². The first kappa shape index (κ1) is 14.5. The van der Waals surface area contributed by atoms with Gasteiger partial charge in [0.2, 0.25) is 10.0 Å². The number of alkyl halides is 1. The van der Waals surface area contributed by atoms with Crippen LogP contribution < -0.4 is 0 Å². The topological polar surface area (TPSA) is 37.4 Å². The van der Waals surface area contributed by atoms with Crippen molar-refractivity contribution < 1.29 is 8.42 Å². The van der Waals surface area contributed by atoms with Gasteiger partial charge in [-0.1, -0.05) is 23.8 Å². The van der Waals surface area contributed by atoms with Gasteiger partial charge < -0.3 is 0 Å². The van der Waals surface area contributed by atoms with E-state index in [-0.39, 0.29) is 6.04 Å². The maximum Gasteiger partial charge on any atom is 0.228 e. The summed E-state index contributed by atoms with van der Waals surface area (Å²) in [6.07, 6.45) is 0. The molecule has 1 unspecified atom stereocenters. The molecule has 0 spiro atoms. The summed E-state index contributed by atoms with van der Waals surface area (Å²) in [5.41, 5.74) is 3.27. The van der Waals surface area contributed by atoms with Crippen LogP contribution in [0.25, 0.3) is 0 Å². The highest BCUT2D eigenvalue weighted by Gasteiger charge is 2.24. The lowest BCUT2D eigenvalue weighted by Crippen LogP contribution is -2.30. The first-order valence-corrected chi connectivity index (χ1v) is 7.53. The van der Waals surface area contributed by atoms with Gasteiger partial charge in [0, 0.05) is 13.1 Å². The minimum atomic E-state index is -3.37. The van der Waals surface area contributed by atoms with E-state index < -0.39 is 15.2 Å². The van der Waals surface area contributed by atoms with Crippen LogP contribution in [-0.2, 0) is 10.0 Å². The first-order chi connectivity index (χ1) is 7.79. The van der Waals surface area contributed by atoms with Gasteiger partial charge >= 0.3 is 0 Å². The summed E-state index contributed by atoms with van der Waals surface area (Å²) in [6, 6.07) is 5.79. The molecule has 0 aliphatic rings. The lowest BCUT2D eigenvalue weighted by Gasteiger charge is -2.25. The standard InChI is InChI=1S/C12H18ClNO2S/c1-9-5-6-12(10(2)7-9)11(3)14(4)17(15,16)8-13/h5-7,11H,8H2,1-4H3. The van der Waals surface area contributed by atoms with E-state index in [9.17, 15) is 8.42 Å². The summed E-state index contributed by atoms with van der Waals surface area (Å²) in [4.78, 5) is 0. The van der Waals surface area contributed by atoms with Gasteiger partial charge in [-0.05, 0) is 31.9 Å². The number of aryl methyl sites for hydroxylation is 2. The Morgan fingerprint density at radius 2 is 1.94 bits per heavy atom. The molecule has 0 fully saturated rings. The Bertz CT molecular complexity index is 499. The van der Waals surface area contributed by atoms with Crippen molar-refractivity contribution in [3.05, 3.63) is 34.9 Å². The van der Waals surface area contributed by atoms with E-state index in [0.717, 1.165) is 11.1 Å². The van der Waals surface area contributed by atoms with E-state index in [2.05, 4.69) is 0 Å². The summed E-state index contributed by atoms with van der Waals surface area (Å²) in [5, 5.41) is -0.390. The zero-order chi connectivity index (χ0) is 13.2. The molecule has 5 heteroatoms. The average Bonchev–Trinajstić information content (AvgIpc) is 2.27. The molecule has 17 heavy (non-hydrogen) atoms. The maximum absolute atomic E-state index is 11.7. The van der Waals surface area contributed by atoms with Crippen molar-refractivity contribution >= 4 is 21.6 Å². The van der Waals surface area contributed by atoms with E-state index in [1.807, 2.05) is 39.0 Å². The molecule has 0 bridgehead atoms. The van der Waals surface area contributed by atoms with Gasteiger partial charge in [-0.25, -0.2) is 8.42 Å². The smallest absolute Gasteiger partial charge is 0.211 e. The van der Waals surface area contributed by atoms with Crippen molar-refractivity contribution in [3.8, 4) is 0 Å². The fourth-order valence-electron chi connectivity index (χ4n) is 1.81. The normalized spacial score (nSPS) is 14.0. The van der Waals surface area contributed by atoms with E-state index in [1.54, 1.807) is 7.05 Å². The van der Waals surface area contributed by atoms with Gasteiger partial charge in [0.05, 0.1) is 0 Å². The Balaban J connectivity index is 3.09. The van der Waals surface area contributed by atoms with E-state index in [0.29, 0.717) is 0 Å². The second kappa shape index (κ2) is 5.38. The minimum absolute atomic E-state index is 0.209. The van der Waals surface area contributed by atoms with Crippen molar-refractivity contribution in [2.24, 2.45) is 0 Å². The Hall–Kier alpha value is -0.580. The van der Waals surface area contributed by atoms with Gasteiger partial charge in [0.15, 0.2) is 0 Å². The summed E-state index contributed by atoms with van der Waals surface area (Å²) in [5.74, 6) is 0. The summed E-state index contributed by atoms with van der Waals surface area (Å²) < 4.78 is 24.7. The molecule has 0 radical (unpaired) electrons. The van der Waals surface area contributed by atoms with Gasteiger partial charge in [-0.3, -0.25) is 0 Å². The van der Waals surface area contributed by atoms with Crippen molar-refractivity contribution in [2.45, 2.75) is 26.8 Å². The third-order valence-electron chi connectivity index (χ3n) is 3.00. The molecule has 0 N–H and O–H groups in total. The van der Waals surface area contributed by atoms with Gasteiger partial charge in [-0.15, -0.1) is 11.6 Å². The Morgan fingerprint density at radius 1 is 1.35 bits per heavy atom. The monoisotopic (exact) mass is 275 g/mol. The lowest BCUT2D eigenvalue weighted by molar-refractivity contribution is 0.400. The SMILES string of the molecule is Cc1ccc(C(C)N(C)S(=O)(=O)CCl)c(C)c1. The van der Waals surface area contributed by atoms with Gasteiger partial charge in [0.25, 0.3) is 0 Å². The molecule has 1 rings (SSSR count). The number of benzene rings is 1. The summed E-state index contributed by atoms with van der Waals surface area (Å²) in [6.45, 7) is 5.86. The Morgan fingerprint density at radius 3 is 2.41 bits per heavy atom. The van der Waals surface area contributed by atoms with E-state index >= 15 is 0 Å². The molecular weight excluding hydrogens is 258 g/mol. The van der Waals surface area contributed by atoms with Crippen LogP contribution in [0.5, 0.6) is 0 Å². The molecule has 0 heterocycles. The minimum Gasteiger partial charge on any atom is -0.211 e. The predicted molar refractivity (Wildman–Crippen MR) is 71.7 cm³/mol. The number of sulfonamides is 1. The Kier molecular flexibility index (Phi) is 4.58. The first-order valence-electron chi connectivity index (χ1n) is 5.38. The second-order valence-corrected chi connectivity index (χ2v) is 6.89. The maximum atomic E-state index is 11.7. The third kappa shape index (κ3) is 3.21. The van der Waals surface area contributed by atoms with Crippen molar-refractivity contribution in [1.29, 1.82) is 0 Å². The van der Waals surface area contributed by atoms with Crippen LogP contribution in [0.1, 0.15) is 29.7 Å². The van der Waals surface area contributed by atoms with Gasteiger partial charge in [0.1, 0.15) is 5.21 Å². The van der Waals surface area contributed by atoms with Crippen molar-refractivity contribution in [1.82, 2.24) is 4.31 Å². The highest BCUT2D eigenvalue weighted by atomic mass is 35.5. The lowest BCUT2D eigenvalue weighted by atomic mass is 10.0. The number of hydrogen-bond donors (Lipinski definition) is 0. The molecule has 0 aliphatic carbocycles. The number of halogens is 1. The average molecular weight is 276 g/mol. The van der Waals surface area contributed by atoms with Crippen molar-refractivity contribution in [3.63, 3.8) is 0 Å². The Labute approximate surface area is 108 Å². The van der Waals surface area contributed by atoms with Crippen LogP contribution in [0.15, 0.2) is 18.2 Å². The zero-order valence-electron chi connectivity index (χ0n) is 10.6. The number of rotatable bonds is 4. The highest BCUT2D eigenvalue weighted by molar-refractivity contribution is 7.90. The molecule has 0 amide bonds. The van der Waals surface area contributed by atoms with Crippen LogP contribution in [-0.4, -0.2) is 25.0 Å².